The van der Waals surface area contributed by atoms with Crippen LogP contribution in [-0.4, -0.2) is 43.5 Å². The lowest BCUT2D eigenvalue weighted by Crippen LogP contribution is -2.54. The molecule has 1 aliphatic heterocycles. The van der Waals surface area contributed by atoms with Gasteiger partial charge in [0.2, 0.25) is 11.8 Å². The Morgan fingerprint density at radius 2 is 2.25 bits per heavy atom. The molecule has 1 aromatic carbocycles. The number of hydrogen-bond donors (Lipinski definition) is 1. The first-order valence-electron chi connectivity index (χ1n) is 8.69. The molecule has 5 nitrogen and oxygen atoms in total. The zero-order valence-corrected chi connectivity index (χ0v) is 14.5. The molecular weight excluding hydrogens is 304 g/mol. The Balaban J connectivity index is 1.60. The highest BCUT2D eigenvalue weighted by atomic mass is 16.5. The summed E-state index contributed by atoms with van der Waals surface area (Å²) in [6, 6.07) is 7.87. The molecule has 0 aromatic heterocycles. The summed E-state index contributed by atoms with van der Waals surface area (Å²) in [5.74, 6) is 1.03. The topological polar surface area (TPSA) is 58.6 Å². The zero-order valence-electron chi connectivity index (χ0n) is 14.5. The van der Waals surface area contributed by atoms with Gasteiger partial charge in [-0.15, -0.1) is 0 Å². The van der Waals surface area contributed by atoms with Crippen molar-refractivity contribution in [2.24, 2.45) is 5.41 Å². The van der Waals surface area contributed by atoms with Crippen molar-refractivity contribution >= 4 is 11.8 Å². The molecule has 1 aromatic rings. The van der Waals surface area contributed by atoms with E-state index in [4.69, 9.17) is 4.74 Å². The van der Waals surface area contributed by atoms with Crippen LogP contribution in [0, 0.1) is 5.41 Å². The van der Waals surface area contributed by atoms with Crippen LogP contribution in [0.3, 0.4) is 0 Å². The third kappa shape index (κ3) is 3.25. The number of hydrogen-bond acceptors (Lipinski definition) is 3. The summed E-state index contributed by atoms with van der Waals surface area (Å²) >= 11 is 0. The Bertz CT molecular complexity index is 631. The summed E-state index contributed by atoms with van der Waals surface area (Å²) < 4.78 is 5.20. The van der Waals surface area contributed by atoms with Crippen LogP contribution in [0.2, 0.25) is 0 Å². The summed E-state index contributed by atoms with van der Waals surface area (Å²) in [6.45, 7) is 0.665. The zero-order chi connectivity index (χ0) is 17.2. The lowest BCUT2D eigenvalue weighted by atomic mass is 9.74. The lowest BCUT2D eigenvalue weighted by Gasteiger charge is -2.44. The molecule has 1 aliphatic carbocycles. The molecule has 1 saturated heterocycles. The largest absolute Gasteiger partial charge is 0.497 e. The highest BCUT2D eigenvalue weighted by molar-refractivity contribution is 5.79. The molecule has 5 heteroatoms. The van der Waals surface area contributed by atoms with Crippen molar-refractivity contribution in [2.75, 3.05) is 20.7 Å². The second-order valence-electron chi connectivity index (χ2n) is 7.08. The average molecular weight is 330 g/mol. The molecule has 2 aliphatic rings. The van der Waals surface area contributed by atoms with Gasteiger partial charge in [-0.2, -0.15) is 0 Å². The van der Waals surface area contributed by atoms with E-state index in [9.17, 15) is 9.59 Å². The average Bonchev–Trinajstić information content (AvgIpc) is 3.02. The molecule has 1 heterocycles. The second kappa shape index (κ2) is 6.83. The molecule has 1 N–H and O–H groups in total. The van der Waals surface area contributed by atoms with Crippen molar-refractivity contribution in [1.82, 2.24) is 10.2 Å². The Morgan fingerprint density at radius 3 is 3.04 bits per heavy atom. The van der Waals surface area contributed by atoms with Crippen LogP contribution in [0.4, 0.5) is 0 Å². The van der Waals surface area contributed by atoms with Crippen molar-refractivity contribution < 1.29 is 14.3 Å². The fourth-order valence-corrected chi connectivity index (χ4v) is 4.32. The first kappa shape index (κ1) is 16.8. The van der Waals surface area contributed by atoms with Gasteiger partial charge in [0.05, 0.1) is 13.5 Å². The van der Waals surface area contributed by atoms with Crippen LogP contribution in [-0.2, 0) is 16.0 Å². The van der Waals surface area contributed by atoms with E-state index in [0.717, 1.165) is 37.0 Å². The minimum absolute atomic E-state index is 0.0304. The Kier molecular flexibility index (Phi) is 4.78. The fourth-order valence-electron chi connectivity index (χ4n) is 4.32. The van der Waals surface area contributed by atoms with Crippen molar-refractivity contribution in [2.45, 2.75) is 44.6 Å². The van der Waals surface area contributed by atoms with Gasteiger partial charge in [-0.3, -0.25) is 9.59 Å². The highest BCUT2D eigenvalue weighted by Gasteiger charge is 2.48. The van der Waals surface area contributed by atoms with E-state index in [-0.39, 0.29) is 23.3 Å². The van der Waals surface area contributed by atoms with Crippen molar-refractivity contribution in [3.8, 4) is 5.75 Å². The Hall–Kier alpha value is -2.04. The number of piperidine rings is 1. The van der Waals surface area contributed by atoms with Crippen LogP contribution in [0.15, 0.2) is 24.3 Å². The summed E-state index contributed by atoms with van der Waals surface area (Å²) in [7, 11) is 3.53. The molecule has 2 amide bonds. The molecule has 0 radical (unpaired) electrons. The van der Waals surface area contributed by atoms with E-state index in [0.29, 0.717) is 19.4 Å². The van der Waals surface area contributed by atoms with Gasteiger partial charge in [0.25, 0.3) is 0 Å². The van der Waals surface area contributed by atoms with E-state index in [1.54, 1.807) is 7.11 Å². The van der Waals surface area contributed by atoms with Crippen LogP contribution < -0.4 is 10.1 Å². The van der Waals surface area contributed by atoms with Gasteiger partial charge < -0.3 is 15.0 Å². The number of benzene rings is 1. The maximum Gasteiger partial charge on any atom is 0.224 e. The van der Waals surface area contributed by atoms with E-state index in [2.05, 4.69) is 5.32 Å². The van der Waals surface area contributed by atoms with Gasteiger partial charge in [0.1, 0.15) is 5.75 Å². The number of carbonyl (C=O) groups is 2. The molecule has 0 spiro atoms. The number of amides is 2. The molecule has 2 atom stereocenters. The van der Waals surface area contributed by atoms with Crippen LogP contribution in [0.25, 0.3) is 0 Å². The van der Waals surface area contributed by atoms with E-state index in [1.165, 1.54) is 0 Å². The number of methoxy groups -OCH3 is 1. The minimum atomic E-state index is 0.0304. The van der Waals surface area contributed by atoms with Crippen molar-refractivity contribution in [1.29, 1.82) is 0 Å². The van der Waals surface area contributed by atoms with Gasteiger partial charge in [-0.25, -0.2) is 0 Å². The number of nitrogens with one attached hydrogen (secondary N) is 1. The third-order valence-corrected chi connectivity index (χ3v) is 5.69. The minimum Gasteiger partial charge on any atom is -0.497 e. The van der Waals surface area contributed by atoms with Gasteiger partial charge >= 0.3 is 0 Å². The quantitative estimate of drug-likeness (QED) is 0.900. The molecule has 1 saturated carbocycles. The van der Waals surface area contributed by atoms with E-state index >= 15 is 0 Å². The normalized spacial score (nSPS) is 26.2. The second-order valence-corrected chi connectivity index (χ2v) is 7.08. The number of rotatable bonds is 5. The monoisotopic (exact) mass is 330 g/mol. The first-order valence-corrected chi connectivity index (χ1v) is 8.69. The van der Waals surface area contributed by atoms with Crippen LogP contribution >= 0.6 is 0 Å². The maximum absolute atomic E-state index is 12.4. The SMILES string of the molecule is COc1cccc(CC(=O)NC[C@@]23CCC[C@H]2N(C)C(=O)CC3)c1. The Labute approximate surface area is 143 Å². The van der Waals surface area contributed by atoms with Gasteiger partial charge in [-0.1, -0.05) is 18.6 Å². The standard InChI is InChI=1S/C19H26N2O3/c1-21-16-7-4-9-19(16,10-8-18(21)23)13-20-17(22)12-14-5-3-6-15(11-14)24-2/h3,5-6,11,16H,4,7-10,12-13H2,1-2H3,(H,20,22)/t16-,19+/m1/s1. The van der Waals surface area contributed by atoms with Crippen molar-refractivity contribution in [3.63, 3.8) is 0 Å². The molecule has 24 heavy (non-hydrogen) atoms. The third-order valence-electron chi connectivity index (χ3n) is 5.69. The van der Waals surface area contributed by atoms with Gasteiger partial charge in [-0.05, 0) is 37.0 Å². The van der Waals surface area contributed by atoms with E-state index < -0.39 is 0 Å². The smallest absolute Gasteiger partial charge is 0.224 e. The van der Waals surface area contributed by atoms with Crippen LogP contribution in [0.5, 0.6) is 5.75 Å². The molecule has 130 valence electrons. The number of nitrogens with zero attached hydrogens (tertiary/aromatic N) is 1. The molecular formula is C19H26N2O3. The fraction of sp³-hybridized carbons (Fsp3) is 0.579. The highest BCUT2D eigenvalue weighted by Crippen LogP contribution is 2.47. The summed E-state index contributed by atoms with van der Waals surface area (Å²) in [6.07, 6.45) is 5.11. The van der Waals surface area contributed by atoms with Gasteiger partial charge in [0, 0.05) is 31.5 Å². The Morgan fingerprint density at radius 1 is 1.42 bits per heavy atom. The number of fused-ring (bicyclic) bond motifs is 1. The summed E-state index contributed by atoms with van der Waals surface area (Å²) in [4.78, 5) is 26.2. The molecule has 2 fully saturated rings. The first-order chi connectivity index (χ1) is 11.5. The molecule has 0 bridgehead atoms. The number of likely N-dealkylation sites (tertiary alicyclic amines) is 1. The van der Waals surface area contributed by atoms with Crippen molar-refractivity contribution in [3.05, 3.63) is 29.8 Å². The van der Waals surface area contributed by atoms with E-state index in [1.807, 2.05) is 36.2 Å². The summed E-state index contributed by atoms with van der Waals surface area (Å²) in [5, 5.41) is 3.12. The molecule has 3 rings (SSSR count). The maximum atomic E-state index is 12.4. The van der Waals surface area contributed by atoms with Crippen LogP contribution in [0.1, 0.15) is 37.7 Å². The predicted molar refractivity (Wildman–Crippen MR) is 91.8 cm³/mol. The molecule has 0 unspecified atom stereocenters. The summed E-state index contributed by atoms with van der Waals surface area (Å²) in [5.41, 5.74) is 1.01. The van der Waals surface area contributed by atoms with Gasteiger partial charge in [0.15, 0.2) is 0 Å². The number of ether oxygens (including phenoxy) is 1. The number of carbonyl (C=O) groups excluding carboxylic acids is 2. The predicted octanol–water partition coefficient (Wildman–Crippen LogP) is 2.14. The lowest BCUT2D eigenvalue weighted by molar-refractivity contribution is -0.139.